The van der Waals surface area contributed by atoms with Gasteiger partial charge in [-0.25, -0.2) is 4.79 Å². The van der Waals surface area contributed by atoms with Crippen LogP contribution >= 0.6 is 15.9 Å². The number of hydrogen-bond donors (Lipinski definition) is 0. The fraction of sp³-hybridized carbons (Fsp3) is 0.500. The van der Waals surface area contributed by atoms with Crippen molar-refractivity contribution in [3.05, 3.63) is 34.3 Å². The fourth-order valence-electron chi connectivity index (χ4n) is 2.39. The summed E-state index contributed by atoms with van der Waals surface area (Å²) in [7, 11) is 0. The topological polar surface area (TPSA) is 29.5 Å². The van der Waals surface area contributed by atoms with Crippen LogP contribution in [0.25, 0.3) is 0 Å². The molecule has 1 aliphatic heterocycles. The van der Waals surface area contributed by atoms with Gasteiger partial charge in [-0.3, -0.25) is 0 Å². The van der Waals surface area contributed by atoms with Gasteiger partial charge in [0.1, 0.15) is 0 Å². The van der Waals surface area contributed by atoms with Crippen molar-refractivity contribution in [2.75, 3.05) is 19.7 Å². The Morgan fingerprint density at radius 2 is 2.39 bits per heavy atom. The van der Waals surface area contributed by atoms with Gasteiger partial charge in [0, 0.05) is 23.5 Å². The highest BCUT2D eigenvalue weighted by Gasteiger charge is 2.25. The van der Waals surface area contributed by atoms with Gasteiger partial charge in [-0.05, 0) is 37.5 Å². The van der Waals surface area contributed by atoms with Crippen molar-refractivity contribution in [3.8, 4) is 0 Å². The molecule has 1 atom stereocenters. The minimum atomic E-state index is -0.183. The maximum atomic E-state index is 11.7. The Labute approximate surface area is 116 Å². The number of carbonyl (C=O) groups excluding carboxylic acids is 1. The lowest BCUT2D eigenvalue weighted by Crippen LogP contribution is -2.39. The van der Waals surface area contributed by atoms with Crippen LogP contribution in [0.2, 0.25) is 0 Å². The molecule has 18 heavy (non-hydrogen) atoms. The Kier molecular flexibility index (Phi) is 4.64. The molecule has 4 heteroatoms. The first-order valence-corrected chi connectivity index (χ1v) is 7.17. The number of rotatable bonds is 2. The van der Waals surface area contributed by atoms with Crippen LogP contribution in [0, 0.1) is 0 Å². The molecule has 1 aliphatic rings. The summed E-state index contributed by atoms with van der Waals surface area (Å²) in [6, 6.07) is 8.33. The molecule has 1 fully saturated rings. The SMILES string of the molecule is CCOC(=O)N1CCCC(c2cccc(Br)c2)C1. The van der Waals surface area contributed by atoms with Crippen LogP contribution in [-0.4, -0.2) is 30.7 Å². The van der Waals surface area contributed by atoms with Gasteiger partial charge in [-0.15, -0.1) is 0 Å². The molecule has 1 amide bonds. The van der Waals surface area contributed by atoms with Gasteiger partial charge in [-0.2, -0.15) is 0 Å². The van der Waals surface area contributed by atoms with E-state index in [9.17, 15) is 4.79 Å². The lowest BCUT2D eigenvalue weighted by molar-refractivity contribution is 0.0958. The zero-order valence-corrected chi connectivity index (χ0v) is 12.1. The zero-order chi connectivity index (χ0) is 13.0. The molecule has 0 aromatic heterocycles. The minimum absolute atomic E-state index is 0.183. The maximum Gasteiger partial charge on any atom is 0.409 e. The predicted octanol–water partition coefficient (Wildman–Crippen LogP) is 3.79. The van der Waals surface area contributed by atoms with Gasteiger partial charge in [0.25, 0.3) is 0 Å². The molecule has 3 nitrogen and oxygen atoms in total. The Balaban J connectivity index is 2.04. The minimum Gasteiger partial charge on any atom is -0.450 e. The molecule has 0 aliphatic carbocycles. The summed E-state index contributed by atoms with van der Waals surface area (Å²) in [5.74, 6) is 0.417. The first-order valence-electron chi connectivity index (χ1n) is 6.38. The van der Waals surface area contributed by atoms with E-state index in [1.54, 1.807) is 0 Å². The van der Waals surface area contributed by atoms with Crippen molar-refractivity contribution in [2.45, 2.75) is 25.7 Å². The van der Waals surface area contributed by atoms with E-state index in [2.05, 4.69) is 28.1 Å². The van der Waals surface area contributed by atoms with E-state index in [0.29, 0.717) is 12.5 Å². The van der Waals surface area contributed by atoms with Gasteiger partial charge in [0.15, 0.2) is 0 Å². The molecule has 1 saturated heterocycles. The highest BCUT2D eigenvalue weighted by atomic mass is 79.9. The number of ether oxygens (including phenoxy) is 1. The smallest absolute Gasteiger partial charge is 0.409 e. The van der Waals surface area contributed by atoms with Gasteiger partial charge >= 0.3 is 6.09 Å². The molecule has 0 spiro atoms. The first kappa shape index (κ1) is 13.4. The van der Waals surface area contributed by atoms with E-state index < -0.39 is 0 Å². The number of halogens is 1. The molecule has 1 aromatic rings. The molecule has 1 unspecified atom stereocenters. The highest BCUT2D eigenvalue weighted by Crippen LogP contribution is 2.28. The standard InChI is InChI=1S/C14H18BrNO2/c1-2-18-14(17)16-8-4-6-12(10-16)11-5-3-7-13(15)9-11/h3,5,7,9,12H,2,4,6,8,10H2,1H3. The third kappa shape index (κ3) is 3.25. The monoisotopic (exact) mass is 311 g/mol. The molecule has 1 aromatic carbocycles. The second-order valence-corrected chi connectivity index (χ2v) is 5.45. The summed E-state index contributed by atoms with van der Waals surface area (Å²) in [4.78, 5) is 13.6. The van der Waals surface area contributed by atoms with Crippen LogP contribution in [-0.2, 0) is 4.74 Å². The highest BCUT2D eigenvalue weighted by molar-refractivity contribution is 9.10. The molecule has 1 heterocycles. The molecule has 2 rings (SSSR count). The number of amides is 1. The van der Waals surface area contributed by atoms with Gasteiger partial charge < -0.3 is 9.64 Å². The number of benzene rings is 1. The summed E-state index contributed by atoms with van der Waals surface area (Å²) < 4.78 is 6.16. The van der Waals surface area contributed by atoms with E-state index in [1.165, 1.54) is 5.56 Å². The lowest BCUT2D eigenvalue weighted by Gasteiger charge is -2.32. The largest absolute Gasteiger partial charge is 0.450 e. The van der Waals surface area contributed by atoms with Gasteiger partial charge in [0.2, 0.25) is 0 Å². The molecule has 0 radical (unpaired) electrons. The first-order chi connectivity index (χ1) is 8.70. The van der Waals surface area contributed by atoms with E-state index in [4.69, 9.17) is 4.74 Å². The van der Waals surface area contributed by atoms with Crippen molar-refractivity contribution in [1.29, 1.82) is 0 Å². The van der Waals surface area contributed by atoms with E-state index in [0.717, 1.165) is 30.4 Å². The quantitative estimate of drug-likeness (QED) is 0.831. The number of piperidine rings is 1. The molecule has 0 saturated carbocycles. The Morgan fingerprint density at radius 1 is 1.56 bits per heavy atom. The fourth-order valence-corrected chi connectivity index (χ4v) is 2.81. The second kappa shape index (κ2) is 6.23. The van der Waals surface area contributed by atoms with Gasteiger partial charge in [-0.1, -0.05) is 28.1 Å². The molecular formula is C14H18BrNO2. The summed E-state index contributed by atoms with van der Waals surface area (Å²) in [6.45, 7) is 3.85. The lowest BCUT2D eigenvalue weighted by atomic mass is 9.91. The normalized spacial score (nSPS) is 19.7. The summed E-state index contributed by atoms with van der Waals surface area (Å²) in [6.07, 6.45) is 1.99. The second-order valence-electron chi connectivity index (χ2n) is 4.54. The van der Waals surface area contributed by atoms with Crippen molar-refractivity contribution in [3.63, 3.8) is 0 Å². The summed E-state index contributed by atoms with van der Waals surface area (Å²) in [5.41, 5.74) is 1.29. The van der Waals surface area contributed by atoms with E-state index >= 15 is 0 Å². The van der Waals surface area contributed by atoms with E-state index in [1.807, 2.05) is 24.0 Å². The van der Waals surface area contributed by atoms with Crippen LogP contribution in [0.15, 0.2) is 28.7 Å². The average molecular weight is 312 g/mol. The zero-order valence-electron chi connectivity index (χ0n) is 10.6. The molecule has 0 bridgehead atoms. The number of hydrogen-bond acceptors (Lipinski definition) is 2. The number of likely N-dealkylation sites (tertiary alicyclic amines) is 1. The van der Waals surface area contributed by atoms with Crippen molar-refractivity contribution in [1.82, 2.24) is 4.90 Å². The van der Waals surface area contributed by atoms with Crippen molar-refractivity contribution < 1.29 is 9.53 Å². The number of carbonyl (C=O) groups is 1. The predicted molar refractivity (Wildman–Crippen MR) is 74.7 cm³/mol. The Morgan fingerprint density at radius 3 is 3.11 bits per heavy atom. The van der Waals surface area contributed by atoms with Crippen molar-refractivity contribution in [2.24, 2.45) is 0 Å². The van der Waals surface area contributed by atoms with Crippen LogP contribution in [0.1, 0.15) is 31.2 Å². The van der Waals surface area contributed by atoms with Gasteiger partial charge in [0.05, 0.1) is 6.61 Å². The Hall–Kier alpha value is -1.03. The third-order valence-electron chi connectivity index (χ3n) is 3.27. The summed E-state index contributed by atoms with van der Waals surface area (Å²) in [5, 5.41) is 0. The van der Waals surface area contributed by atoms with Crippen LogP contribution in [0.5, 0.6) is 0 Å². The van der Waals surface area contributed by atoms with Crippen LogP contribution < -0.4 is 0 Å². The van der Waals surface area contributed by atoms with Crippen LogP contribution in [0.4, 0.5) is 4.79 Å². The molecule has 0 N–H and O–H groups in total. The third-order valence-corrected chi connectivity index (χ3v) is 3.76. The van der Waals surface area contributed by atoms with Crippen molar-refractivity contribution >= 4 is 22.0 Å². The van der Waals surface area contributed by atoms with Crippen LogP contribution in [0.3, 0.4) is 0 Å². The average Bonchev–Trinajstić information content (AvgIpc) is 2.39. The molecular weight excluding hydrogens is 294 g/mol. The maximum absolute atomic E-state index is 11.7. The summed E-state index contributed by atoms with van der Waals surface area (Å²) >= 11 is 3.49. The molecule has 98 valence electrons. The number of nitrogens with zero attached hydrogens (tertiary/aromatic N) is 1. The Bertz CT molecular complexity index is 422. The van der Waals surface area contributed by atoms with E-state index in [-0.39, 0.29) is 6.09 Å².